The van der Waals surface area contributed by atoms with Crippen molar-refractivity contribution in [1.29, 1.82) is 0 Å². The van der Waals surface area contributed by atoms with Crippen LogP contribution in [0.5, 0.6) is 5.75 Å². The van der Waals surface area contributed by atoms with Crippen molar-refractivity contribution in [1.82, 2.24) is 4.90 Å². The molecule has 32 heavy (non-hydrogen) atoms. The molecule has 1 amide bonds. The van der Waals surface area contributed by atoms with Gasteiger partial charge in [-0.15, -0.1) is 11.3 Å². The van der Waals surface area contributed by atoms with Crippen molar-refractivity contribution >= 4 is 28.8 Å². The summed E-state index contributed by atoms with van der Waals surface area (Å²) in [6, 6.07) is 10.0. The minimum absolute atomic E-state index is 0.0898. The van der Waals surface area contributed by atoms with Gasteiger partial charge in [-0.1, -0.05) is 13.8 Å². The molecule has 0 saturated carbocycles. The molecule has 1 N–H and O–H groups in total. The molecular formula is C25H25NO5S. The predicted octanol–water partition coefficient (Wildman–Crippen LogP) is 5.40. The lowest BCUT2D eigenvalue weighted by atomic mass is 9.95. The molecule has 1 unspecified atom stereocenters. The van der Waals surface area contributed by atoms with Gasteiger partial charge in [0.05, 0.1) is 25.5 Å². The van der Waals surface area contributed by atoms with E-state index in [2.05, 4.69) is 0 Å². The fraction of sp³-hybridized carbons (Fsp3) is 0.280. The van der Waals surface area contributed by atoms with Crippen molar-refractivity contribution in [3.63, 3.8) is 0 Å². The Balaban J connectivity index is 1.88. The number of hydrogen-bond donors (Lipinski definition) is 1. The monoisotopic (exact) mass is 451 g/mol. The quantitative estimate of drug-likeness (QED) is 0.308. The highest BCUT2D eigenvalue weighted by molar-refractivity contribution is 7.10. The van der Waals surface area contributed by atoms with E-state index in [0.717, 1.165) is 16.0 Å². The zero-order valence-electron chi connectivity index (χ0n) is 18.4. The fourth-order valence-electron chi connectivity index (χ4n) is 4.04. The number of ketones is 1. The molecular weight excluding hydrogens is 426 g/mol. The molecule has 1 aliphatic heterocycles. The number of hydrogen-bond acceptors (Lipinski definition) is 6. The van der Waals surface area contributed by atoms with Crippen LogP contribution in [0.25, 0.3) is 5.76 Å². The Morgan fingerprint density at radius 2 is 2.03 bits per heavy atom. The first kappa shape index (κ1) is 21.9. The van der Waals surface area contributed by atoms with Gasteiger partial charge in [-0.05, 0) is 65.7 Å². The van der Waals surface area contributed by atoms with Crippen LogP contribution in [0.1, 0.15) is 53.1 Å². The molecule has 0 bridgehead atoms. The second-order valence-electron chi connectivity index (χ2n) is 8.09. The number of carbonyl (C=O) groups is 2. The van der Waals surface area contributed by atoms with Crippen LogP contribution < -0.4 is 4.74 Å². The van der Waals surface area contributed by atoms with Gasteiger partial charge in [0.15, 0.2) is 0 Å². The highest BCUT2D eigenvalue weighted by Crippen LogP contribution is 2.43. The Hall–Kier alpha value is -3.32. The Morgan fingerprint density at radius 3 is 2.62 bits per heavy atom. The van der Waals surface area contributed by atoms with Crippen LogP contribution in [0, 0.1) is 6.92 Å². The first-order chi connectivity index (χ1) is 15.3. The average Bonchev–Trinajstić information content (AvgIpc) is 3.50. The molecule has 2 aromatic heterocycles. The van der Waals surface area contributed by atoms with Crippen LogP contribution in [0.4, 0.5) is 0 Å². The van der Waals surface area contributed by atoms with Gasteiger partial charge in [0.25, 0.3) is 11.7 Å². The number of carbonyl (C=O) groups excluding carboxylic acids is 2. The summed E-state index contributed by atoms with van der Waals surface area (Å²) >= 11 is 1.46. The number of amides is 1. The minimum Gasteiger partial charge on any atom is -0.507 e. The lowest BCUT2D eigenvalue weighted by Crippen LogP contribution is -2.28. The molecule has 7 heteroatoms. The summed E-state index contributed by atoms with van der Waals surface area (Å²) in [7, 11) is 1.60. The van der Waals surface area contributed by atoms with E-state index in [9.17, 15) is 14.7 Å². The predicted molar refractivity (Wildman–Crippen MR) is 123 cm³/mol. The summed E-state index contributed by atoms with van der Waals surface area (Å²) < 4.78 is 10.9. The van der Waals surface area contributed by atoms with Crippen molar-refractivity contribution in [2.75, 3.05) is 7.11 Å². The summed E-state index contributed by atoms with van der Waals surface area (Å²) in [5, 5.41) is 13.2. The van der Waals surface area contributed by atoms with Gasteiger partial charge in [0, 0.05) is 10.4 Å². The number of aliphatic hydroxyl groups excluding tert-OH is 1. The molecule has 1 aliphatic rings. The molecule has 1 fully saturated rings. The number of ether oxygens (including phenoxy) is 1. The maximum atomic E-state index is 13.2. The largest absolute Gasteiger partial charge is 0.507 e. The minimum atomic E-state index is -0.700. The van der Waals surface area contributed by atoms with Crippen LogP contribution in [0.2, 0.25) is 0 Å². The summed E-state index contributed by atoms with van der Waals surface area (Å²) in [6.45, 7) is 6.12. The number of benzene rings is 1. The van der Waals surface area contributed by atoms with Gasteiger partial charge < -0.3 is 19.2 Å². The Kier molecular flexibility index (Phi) is 5.93. The van der Waals surface area contributed by atoms with E-state index in [1.807, 2.05) is 38.3 Å². The molecule has 166 valence electrons. The third kappa shape index (κ3) is 3.73. The van der Waals surface area contributed by atoms with E-state index >= 15 is 0 Å². The SMILES string of the molecule is COc1ccc(/C(O)=C2/C(=O)C(=O)N(Cc3ccco3)C2c2sccc2C)cc1C(C)C. The van der Waals surface area contributed by atoms with Crippen molar-refractivity contribution in [2.24, 2.45) is 0 Å². The maximum Gasteiger partial charge on any atom is 0.296 e. The Morgan fingerprint density at radius 1 is 1.25 bits per heavy atom. The molecule has 1 aromatic carbocycles. The summed E-state index contributed by atoms with van der Waals surface area (Å²) in [5.41, 5.74) is 2.43. The third-order valence-electron chi connectivity index (χ3n) is 5.72. The Bertz CT molecular complexity index is 1190. The van der Waals surface area contributed by atoms with Crippen molar-refractivity contribution in [2.45, 2.75) is 39.3 Å². The second kappa shape index (κ2) is 8.67. The lowest BCUT2D eigenvalue weighted by molar-refractivity contribution is -0.140. The lowest BCUT2D eigenvalue weighted by Gasteiger charge is -2.24. The zero-order chi connectivity index (χ0) is 23.0. The molecule has 0 aliphatic carbocycles. The number of Topliss-reactive ketones (excluding diaryl/α,β-unsaturated/α-hetero) is 1. The molecule has 1 saturated heterocycles. The molecule has 3 heterocycles. The number of likely N-dealkylation sites (tertiary alicyclic amines) is 1. The molecule has 0 spiro atoms. The van der Waals surface area contributed by atoms with E-state index in [1.165, 1.54) is 22.5 Å². The van der Waals surface area contributed by atoms with Crippen LogP contribution in [0.15, 0.2) is 58.0 Å². The second-order valence-corrected chi connectivity index (χ2v) is 9.03. The topological polar surface area (TPSA) is 80.0 Å². The number of aliphatic hydroxyl groups is 1. The van der Waals surface area contributed by atoms with Gasteiger partial charge >= 0.3 is 0 Å². The summed E-state index contributed by atoms with van der Waals surface area (Å²) in [4.78, 5) is 28.5. The van der Waals surface area contributed by atoms with E-state index < -0.39 is 17.7 Å². The van der Waals surface area contributed by atoms with Crippen LogP contribution in [0.3, 0.4) is 0 Å². The van der Waals surface area contributed by atoms with Crippen LogP contribution >= 0.6 is 11.3 Å². The average molecular weight is 452 g/mol. The number of furan rings is 1. The van der Waals surface area contributed by atoms with E-state index in [1.54, 1.807) is 31.4 Å². The van der Waals surface area contributed by atoms with Crippen LogP contribution in [-0.4, -0.2) is 28.8 Å². The first-order valence-corrected chi connectivity index (χ1v) is 11.2. The van der Waals surface area contributed by atoms with Crippen LogP contribution in [-0.2, 0) is 16.1 Å². The molecule has 0 radical (unpaired) electrons. The highest BCUT2D eigenvalue weighted by atomic mass is 32.1. The first-order valence-electron chi connectivity index (χ1n) is 10.4. The van der Waals surface area contributed by atoms with Gasteiger partial charge in [0.1, 0.15) is 23.3 Å². The zero-order valence-corrected chi connectivity index (χ0v) is 19.2. The smallest absolute Gasteiger partial charge is 0.296 e. The van der Waals surface area contributed by atoms with E-state index in [-0.39, 0.29) is 23.8 Å². The molecule has 4 rings (SSSR count). The fourth-order valence-corrected chi connectivity index (χ4v) is 5.09. The van der Waals surface area contributed by atoms with Gasteiger partial charge in [-0.2, -0.15) is 0 Å². The third-order valence-corrected chi connectivity index (χ3v) is 6.79. The number of aryl methyl sites for hydroxylation is 1. The summed E-state index contributed by atoms with van der Waals surface area (Å²) in [5.74, 6) is -0.118. The summed E-state index contributed by atoms with van der Waals surface area (Å²) in [6.07, 6.45) is 1.53. The number of rotatable bonds is 6. The van der Waals surface area contributed by atoms with Gasteiger partial charge in [-0.3, -0.25) is 9.59 Å². The number of methoxy groups -OCH3 is 1. The molecule has 3 aromatic rings. The molecule has 1 atom stereocenters. The normalized spacial score (nSPS) is 18.0. The van der Waals surface area contributed by atoms with Crippen molar-refractivity contribution in [3.05, 3.63) is 80.9 Å². The Labute approximate surface area is 190 Å². The maximum absolute atomic E-state index is 13.2. The number of nitrogens with zero attached hydrogens (tertiary/aromatic N) is 1. The van der Waals surface area contributed by atoms with Crippen molar-refractivity contribution in [3.8, 4) is 5.75 Å². The van der Waals surface area contributed by atoms with E-state index in [0.29, 0.717) is 17.1 Å². The molecule has 6 nitrogen and oxygen atoms in total. The van der Waals surface area contributed by atoms with Gasteiger partial charge in [0.2, 0.25) is 0 Å². The van der Waals surface area contributed by atoms with Gasteiger partial charge in [-0.25, -0.2) is 0 Å². The van der Waals surface area contributed by atoms with Crippen molar-refractivity contribution < 1.29 is 23.8 Å². The standard InChI is InChI=1S/C25H25NO5S/c1-14(2)18-12-16(7-8-19(18)30-4)22(27)20-21(24-15(3)9-11-32-24)26(25(29)23(20)28)13-17-6-5-10-31-17/h5-12,14,21,27H,13H2,1-4H3/b22-20-. The highest BCUT2D eigenvalue weighted by Gasteiger charge is 2.47. The number of thiophene rings is 1. The van der Waals surface area contributed by atoms with E-state index in [4.69, 9.17) is 9.15 Å².